The molecule has 0 spiro atoms. The lowest BCUT2D eigenvalue weighted by molar-refractivity contribution is -0.116. The lowest BCUT2D eigenvalue weighted by atomic mass is 9.79. The van der Waals surface area contributed by atoms with Crippen molar-refractivity contribution in [3.63, 3.8) is 0 Å². The zero-order valence-electron chi connectivity index (χ0n) is 12.5. The number of fused-ring (bicyclic) bond motifs is 1. The van der Waals surface area contributed by atoms with Crippen LogP contribution in [0.1, 0.15) is 42.3 Å². The number of nitrogens with one attached hydrogen (secondary N) is 3. The minimum absolute atomic E-state index is 0.0605. The number of anilines is 1. The number of allylic oxidation sites excluding steroid dienone is 2. The van der Waals surface area contributed by atoms with Crippen molar-refractivity contribution in [2.75, 3.05) is 5.32 Å². The normalized spacial score (nSPS) is 20.0. The number of furan rings is 1. The van der Waals surface area contributed by atoms with E-state index in [9.17, 15) is 9.59 Å². The third kappa shape index (κ3) is 2.19. The largest absolute Gasteiger partial charge is 0.465 e. The highest BCUT2D eigenvalue weighted by molar-refractivity contribution is 7.71. The van der Waals surface area contributed by atoms with E-state index in [2.05, 4.69) is 15.3 Å². The Hall–Kier alpha value is -2.41. The first-order chi connectivity index (χ1) is 11.0. The maximum Gasteiger partial charge on any atom is 0.258 e. The van der Waals surface area contributed by atoms with Gasteiger partial charge < -0.3 is 14.7 Å². The van der Waals surface area contributed by atoms with Gasteiger partial charge in [0.15, 0.2) is 10.6 Å². The number of carbonyl (C=O) groups excluding carboxylic acids is 1. The molecule has 3 N–H and O–H groups in total. The smallest absolute Gasteiger partial charge is 0.258 e. The molecule has 0 radical (unpaired) electrons. The molecule has 2 aromatic rings. The van der Waals surface area contributed by atoms with Gasteiger partial charge in [0.1, 0.15) is 17.3 Å². The number of aromatic nitrogens is 2. The van der Waals surface area contributed by atoms with Crippen LogP contribution in [0.3, 0.4) is 0 Å². The molecule has 1 atom stereocenters. The lowest BCUT2D eigenvalue weighted by Gasteiger charge is -2.31. The van der Waals surface area contributed by atoms with Crippen LogP contribution < -0.4 is 10.9 Å². The summed E-state index contributed by atoms with van der Waals surface area (Å²) in [6.07, 6.45) is 2.06. The average molecular weight is 329 g/mol. The predicted molar refractivity (Wildman–Crippen MR) is 87.0 cm³/mol. The number of H-pyrrole nitrogens is 2. The van der Waals surface area contributed by atoms with Crippen molar-refractivity contribution < 1.29 is 9.21 Å². The molecule has 2 aliphatic rings. The van der Waals surface area contributed by atoms with Crippen molar-refractivity contribution in [2.24, 2.45) is 0 Å². The highest BCUT2D eigenvalue weighted by Gasteiger charge is 2.38. The molecule has 7 heteroatoms. The Morgan fingerprint density at radius 3 is 2.78 bits per heavy atom. The van der Waals surface area contributed by atoms with Crippen LogP contribution in [-0.2, 0) is 4.79 Å². The quantitative estimate of drug-likeness (QED) is 0.700. The number of hydrogen-bond acceptors (Lipinski definition) is 5. The van der Waals surface area contributed by atoms with Crippen LogP contribution >= 0.6 is 12.2 Å². The molecule has 2 aromatic heterocycles. The molecule has 3 heterocycles. The number of hydrogen-bond donors (Lipinski definition) is 3. The summed E-state index contributed by atoms with van der Waals surface area (Å²) in [6, 6.07) is 3.66. The van der Waals surface area contributed by atoms with E-state index in [0.717, 1.165) is 24.3 Å². The molecule has 0 fully saturated rings. The number of Topliss-reactive ketones (excluding diaryl/α,β-unsaturated/α-hetero) is 1. The minimum atomic E-state index is -0.502. The van der Waals surface area contributed by atoms with Crippen LogP contribution in [0.25, 0.3) is 0 Å². The van der Waals surface area contributed by atoms with E-state index < -0.39 is 5.92 Å². The molecule has 1 aliphatic carbocycles. The molecule has 0 bridgehead atoms. The van der Waals surface area contributed by atoms with Crippen LogP contribution in [0.4, 0.5) is 5.82 Å². The van der Waals surface area contributed by atoms with Gasteiger partial charge in [0, 0.05) is 17.7 Å². The number of rotatable bonds is 1. The van der Waals surface area contributed by atoms with Crippen molar-refractivity contribution in [1.82, 2.24) is 9.97 Å². The summed E-state index contributed by atoms with van der Waals surface area (Å²) >= 11 is 5.06. The average Bonchev–Trinajstić information content (AvgIpc) is 2.91. The molecule has 1 aliphatic heterocycles. The predicted octanol–water partition coefficient (Wildman–Crippen LogP) is 2.90. The van der Waals surface area contributed by atoms with E-state index in [1.807, 2.05) is 19.1 Å². The van der Waals surface area contributed by atoms with Gasteiger partial charge in [-0.3, -0.25) is 14.6 Å². The van der Waals surface area contributed by atoms with E-state index in [4.69, 9.17) is 16.6 Å². The molecular weight excluding hydrogens is 314 g/mol. The molecule has 118 valence electrons. The van der Waals surface area contributed by atoms with Crippen molar-refractivity contribution in [2.45, 2.75) is 32.1 Å². The van der Waals surface area contributed by atoms with Crippen LogP contribution in [-0.4, -0.2) is 15.8 Å². The van der Waals surface area contributed by atoms with Gasteiger partial charge in [-0.05, 0) is 44.1 Å². The minimum Gasteiger partial charge on any atom is -0.465 e. The van der Waals surface area contributed by atoms with E-state index in [1.165, 1.54) is 0 Å². The highest BCUT2D eigenvalue weighted by atomic mass is 32.1. The summed E-state index contributed by atoms with van der Waals surface area (Å²) in [4.78, 5) is 30.6. The Balaban J connectivity index is 2.02. The standard InChI is InChI=1S/C16H15N3O3S/c1-7-5-6-10(22-7)12-11-8(3-2-4-9(11)20)17-14-13(12)15(21)19-16(23)18-14/h5-6,12H,2-4H2,1H3,(H3,17,18,19,21,23)/t12-/m0/s1. The maximum atomic E-state index is 12.5. The molecule has 0 aromatic carbocycles. The summed E-state index contributed by atoms with van der Waals surface area (Å²) in [5, 5.41) is 3.19. The van der Waals surface area contributed by atoms with Gasteiger partial charge >= 0.3 is 0 Å². The fourth-order valence-electron chi connectivity index (χ4n) is 3.39. The molecule has 0 saturated carbocycles. The molecule has 0 amide bonds. The highest BCUT2D eigenvalue weighted by Crippen LogP contribution is 2.43. The SMILES string of the molecule is Cc1ccc([C@H]2C3=C(CCCC3=O)Nc3[nH]c(=S)[nH]c(=O)c32)o1. The first-order valence-electron chi connectivity index (χ1n) is 7.50. The Labute approximate surface area is 136 Å². The fourth-order valence-corrected chi connectivity index (χ4v) is 3.58. The molecule has 6 nitrogen and oxygen atoms in total. The second-order valence-corrected chi connectivity index (χ2v) is 6.28. The first-order valence-corrected chi connectivity index (χ1v) is 7.91. The van der Waals surface area contributed by atoms with Crippen molar-refractivity contribution in [3.8, 4) is 0 Å². The van der Waals surface area contributed by atoms with Gasteiger partial charge in [0.25, 0.3) is 5.56 Å². The monoisotopic (exact) mass is 329 g/mol. The lowest BCUT2D eigenvalue weighted by Crippen LogP contribution is -2.32. The van der Waals surface area contributed by atoms with Gasteiger partial charge in [-0.1, -0.05) is 0 Å². The van der Waals surface area contributed by atoms with E-state index >= 15 is 0 Å². The molecule has 0 saturated heterocycles. The summed E-state index contributed by atoms with van der Waals surface area (Å²) in [7, 11) is 0. The molecular formula is C16H15N3O3S. The second-order valence-electron chi connectivity index (χ2n) is 5.87. The second kappa shape index (κ2) is 5.06. The van der Waals surface area contributed by atoms with Gasteiger partial charge in [-0.15, -0.1) is 0 Å². The van der Waals surface area contributed by atoms with Crippen molar-refractivity contribution in [3.05, 3.63) is 55.6 Å². The third-order valence-electron chi connectivity index (χ3n) is 4.33. The van der Waals surface area contributed by atoms with E-state index in [0.29, 0.717) is 29.1 Å². The van der Waals surface area contributed by atoms with Gasteiger partial charge in [-0.25, -0.2) is 0 Å². The number of carbonyl (C=O) groups is 1. The van der Waals surface area contributed by atoms with Crippen LogP contribution in [0.5, 0.6) is 0 Å². The third-order valence-corrected chi connectivity index (χ3v) is 4.54. The zero-order chi connectivity index (χ0) is 16.1. The van der Waals surface area contributed by atoms with Gasteiger partial charge in [0.05, 0.1) is 11.5 Å². The Bertz CT molecular complexity index is 963. The number of aromatic amines is 2. The number of ketones is 1. The summed E-state index contributed by atoms with van der Waals surface area (Å²) in [5.41, 5.74) is 1.63. The topological polar surface area (TPSA) is 90.9 Å². The Kier molecular flexibility index (Phi) is 3.12. The van der Waals surface area contributed by atoms with Crippen LogP contribution in [0.15, 0.2) is 32.6 Å². The summed E-state index contributed by atoms with van der Waals surface area (Å²) in [6.45, 7) is 1.84. The zero-order valence-corrected chi connectivity index (χ0v) is 13.3. The fraction of sp³-hybridized carbons (Fsp3) is 0.312. The van der Waals surface area contributed by atoms with Crippen molar-refractivity contribution >= 4 is 23.8 Å². The van der Waals surface area contributed by atoms with Crippen molar-refractivity contribution in [1.29, 1.82) is 0 Å². The molecule has 4 rings (SSSR count). The summed E-state index contributed by atoms with van der Waals surface area (Å²) < 4.78 is 6.01. The van der Waals surface area contributed by atoms with E-state index in [1.54, 1.807) is 0 Å². The van der Waals surface area contributed by atoms with Gasteiger partial charge in [-0.2, -0.15) is 0 Å². The van der Waals surface area contributed by atoms with Crippen LogP contribution in [0.2, 0.25) is 0 Å². The molecule has 0 unspecified atom stereocenters. The van der Waals surface area contributed by atoms with Gasteiger partial charge in [0.2, 0.25) is 0 Å². The van der Waals surface area contributed by atoms with E-state index in [-0.39, 0.29) is 16.1 Å². The first kappa shape index (κ1) is 14.2. The Morgan fingerprint density at radius 2 is 2.04 bits per heavy atom. The van der Waals surface area contributed by atoms with Crippen LogP contribution in [0, 0.1) is 11.7 Å². The maximum absolute atomic E-state index is 12.5. The summed E-state index contributed by atoms with van der Waals surface area (Å²) in [5.74, 6) is 1.45. The molecule has 23 heavy (non-hydrogen) atoms. The Morgan fingerprint density at radius 1 is 1.22 bits per heavy atom. The number of aryl methyl sites for hydroxylation is 1.